The second-order valence-electron chi connectivity index (χ2n) is 4.59. The van der Waals surface area contributed by atoms with Crippen LogP contribution in [0.1, 0.15) is 10.4 Å². The monoisotopic (exact) mass is 339 g/mol. The van der Waals surface area contributed by atoms with Crippen LogP contribution < -0.4 is 9.04 Å². The largest absolute Gasteiger partial charge is 0.495 e. The van der Waals surface area contributed by atoms with Crippen LogP contribution in [0.3, 0.4) is 0 Å². The highest BCUT2D eigenvalue weighted by molar-refractivity contribution is 7.92. The molecule has 1 N–H and O–H groups in total. The Hall–Kier alpha value is -2.61. The molecule has 2 aromatic rings. The fourth-order valence-corrected chi connectivity index (χ4v) is 3.38. The van der Waals surface area contributed by atoms with Gasteiger partial charge in [-0.15, -0.1) is 0 Å². The van der Waals surface area contributed by atoms with Crippen molar-refractivity contribution in [3.8, 4) is 5.75 Å². The lowest BCUT2D eigenvalue weighted by atomic mass is 10.2. The molecule has 0 aromatic heterocycles. The van der Waals surface area contributed by atoms with E-state index in [2.05, 4.69) is 0 Å². The van der Waals surface area contributed by atoms with Crippen LogP contribution in [0, 0.1) is 5.82 Å². The second kappa shape index (κ2) is 6.25. The summed E-state index contributed by atoms with van der Waals surface area (Å²) in [5, 5.41) is 9.03. The number of anilines is 1. The number of aromatic carboxylic acids is 1. The number of ether oxygens (including phenoxy) is 1. The molecule has 0 saturated heterocycles. The molecule has 23 heavy (non-hydrogen) atoms. The summed E-state index contributed by atoms with van der Waals surface area (Å²) in [7, 11) is -1.77. The molecule has 0 aliphatic carbocycles. The van der Waals surface area contributed by atoms with E-state index in [1.54, 1.807) is 0 Å². The van der Waals surface area contributed by atoms with E-state index in [4.69, 9.17) is 9.84 Å². The van der Waals surface area contributed by atoms with E-state index < -0.39 is 21.8 Å². The van der Waals surface area contributed by atoms with Crippen LogP contribution in [-0.2, 0) is 10.0 Å². The molecular weight excluding hydrogens is 325 g/mol. The highest BCUT2D eigenvalue weighted by atomic mass is 32.2. The van der Waals surface area contributed by atoms with Crippen molar-refractivity contribution in [2.45, 2.75) is 4.90 Å². The maximum atomic E-state index is 13.8. The minimum absolute atomic E-state index is 0.0295. The Bertz CT molecular complexity index is 851. The number of benzene rings is 2. The second-order valence-corrected chi connectivity index (χ2v) is 6.53. The van der Waals surface area contributed by atoms with Gasteiger partial charge < -0.3 is 9.84 Å². The van der Waals surface area contributed by atoms with Crippen molar-refractivity contribution >= 4 is 21.7 Å². The lowest BCUT2D eigenvalue weighted by molar-refractivity contribution is 0.0696. The third-order valence-electron chi connectivity index (χ3n) is 3.24. The fraction of sp³-hybridized carbons (Fsp3) is 0.133. The Balaban J connectivity index is 2.61. The molecule has 0 aliphatic heterocycles. The van der Waals surface area contributed by atoms with E-state index in [0.29, 0.717) is 0 Å². The molecule has 0 aliphatic rings. The summed E-state index contributed by atoms with van der Waals surface area (Å²) in [6, 6.07) is 8.82. The Morgan fingerprint density at radius 1 is 1.22 bits per heavy atom. The molecule has 0 spiro atoms. The number of carboxylic acids is 1. The highest BCUT2D eigenvalue weighted by Crippen LogP contribution is 2.31. The van der Waals surface area contributed by atoms with E-state index in [9.17, 15) is 17.6 Å². The summed E-state index contributed by atoms with van der Waals surface area (Å²) in [4.78, 5) is 10.7. The average Bonchev–Trinajstić information content (AvgIpc) is 2.53. The number of carbonyl (C=O) groups is 1. The van der Waals surface area contributed by atoms with Crippen LogP contribution in [0.5, 0.6) is 5.75 Å². The summed E-state index contributed by atoms with van der Waals surface area (Å²) in [5.41, 5.74) is -0.374. The minimum atomic E-state index is -4.21. The highest BCUT2D eigenvalue weighted by Gasteiger charge is 2.28. The molecule has 122 valence electrons. The van der Waals surface area contributed by atoms with E-state index >= 15 is 0 Å². The molecule has 0 atom stereocenters. The van der Waals surface area contributed by atoms with Gasteiger partial charge in [-0.2, -0.15) is 0 Å². The van der Waals surface area contributed by atoms with Gasteiger partial charge >= 0.3 is 5.97 Å². The van der Waals surface area contributed by atoms with Crippen LogP contribution in [0.2, 0.25) is 0 Å². The van der Waals surface area contributed by atoms with E-state index in [1.807, 2.05) is 0 Å². The number of para-hydroxylation sites is 1. The molecule has 2 rings (SSSR count). The molecule has 0 amide bonds. The van der Waals surface area contributed by atoms with E-state index in [-0.39, 0.29) is 21.9 Å². The predicted molar refractivity (Wildman–Crippen MR) is 81.9 cm³/mol. The zero-order valence-electron chi connectivity index (χ0n) is 12.4. The number of hydrogen-bond acceptors (Lipinski definition) is 4. The first kappa shape index (κ1) is 16.8. The topological polar surface area (TPSA) is 83.9 Å². The Labute approximate surface area is 132 Å². The van der Waals surface area contributed by atoms with Crippen LogP contribution >= 0.6 is 0 Å². The molecule has 0 fully saturated rings. The van der Waals surface area contributed by atoms with E-state index in [0.717, 1.165) is 16.4 Å². The summed E-state index contributed by atoms with van der Waals surface area (Å²) in [6.45, 7) is 0. The van der Waals surface area contributed by atoms with Crippen LogP contribution in [0.25, 0.3) is 0 Å². The van der Waals surface area contributed by atoms with Crippen molar-refractivity contribution in [2.75, 3.05) is 18.5 Å². The van der Waals surface area contributed by atoms with Gasteiger partial charge in [0.15, 0.2) is 0 Å². The molecular formula is C15H14FNO5S. The molecule has 0 unspecified atom stereocenters. The molecule has 6 nitrogen and oxygen atoms in total. The summed E-state index contributed by atoms with van der Waals surface area (Å²) in [6.07, 6.45) is 0. The number of methoxy groups -OCH3 is 1. The zero-order valence-corrected chi connectivity index (χ0v) is 13.2. The van der Waals surface area contributed by atoms with Gasteiger partial charge in [0.05, 0.1) is 18.4 Å². The first-order chi connectivity index (χ1) is 10.8. The summed E-state index contributed by atoms with van der Waals surface area (Å²) >= 11 is 0. The molecule has 0 bridgehead atoms. The number of nitrogens with zero attached hydrogens (tertiary/aromatic N) is 1. The SMILES string of the molecule is COc1ccc(C(=O)O)cc1S(=O)(=O)N(C)c1ccccc1F. The average molecular weight is 339 g/mol. The van der Waals surface area contributed by atoms with Gasteiger partial charge in [-0.3, -0.25) is 4.31 Å². The van der Waals surface area contributed by atoms with Crippen molar-refractivity contribution in [2.24, 2.45) is 0 Å². The first-order valence-corrected chi connectivity index (χ1v) is 7.88. The molecule has 0 saturated carbocycles. The van der Waals surface area contributed by atoms with Crippen LogP contribution in [0.4, 0.5) is 10.1 Å². The number of hydrogen-bond donors (Lipinski definition) is 1. The number of sulfonamides is 1. The van der Waals surface area contributed by atoms with Crippen molar-refractivity contribution in [3.05, 3.63) is 53.8 Å². The minimum Gasteiger partial charge on any atom is -0.495 e. The molecule has 0 heterocycles. The number of carboxylic acid groups (broad SMARTS) is 1. The normalized spacial score (nSPS) is 11.1. The first-order valence-electron chi connectivity index (χ1n) is 6.44. The fourth-order valence-electron chi connectivity index (χ4n) is 2.00. The van der Waals surface area contributed by atoms with Gasteiger partial charge in [-0.1, -0.05) is 12.1 Å². The lowest BCUT2D eigenvalue weighted by Gasteiger charge is -2.21. The van der Waals surface area contributed by atoms with Crippen LogP contribution in [0.15, 0.2) is 47.4 Å². The standard InChI is InChI=1S/C15H14FNO5S/c1-17(12-6-4-3-5-11(12)16)23(20,21)14-9-10(15(18)19)7-8-13(14)22-2/h3-9H,1-2H3,(H,18,19). The van der Waals surface area contributed by atoms with Crippen molar-refractivity contribution < 1.29 is 27.4 Å². The number of rotatable bonds is 5. The quantitative estimate of drug-likeness (QED) is 0.904. The van der Waals surface area contributed by atoms with Gasteiger partial charge in [-0.05, 0) is 30.3 Å². The van der Waals surface area contributed by atoms with Crippen molar-refractivity contribution in [3.63, 3.8) is 0 Å². The smallest absolute Gasteiger partial charge is 0.335 e. The lowest BCUT2D eigenvalue weighted by Crippen LogP contribution is -2.28. The predicted octanol–water partition coefficient (Wildman–Crippen LogP) is 2.36. The number of halogens is 1. The Kier molecular flexibility index (Phi) is 4.55. The molecule has 2 aromatic carbocycles. The zero-order chi connectivity index (χ0) is 17.2. The summed E-state index contributed by atoms with van der Waals surface area (Å²) in [5.74, 6) is -2.03. The van der Waals surface area contributed by atoms with E-state index in [1.165, 1.54) is 44.5 Å². The maximum absolute atomic E-state index is 13.8. The van der Waals surface area contributed by atoms with Gasteiger partial charge in [0.2, 0.25) is 0 Å². The third-order valence-corrected chi connectivity index (χ3v) is 5.03. The van der Waals surface area contributed by atoms with Gasteiger partial charge in [0, 0.05) is 7.05 Å². The maximum Gasteiger partial charge on any atom is 0.335 e. The molecule has 8 heteroatoms. The third kappa shape index (κ3) is 3.11. The Morgan fingerprint density at radius 2 is 1.87 bits per heavy atom. The van der Waals surface area contributed by atoms with Crippen molar-refractivity contribution in [1.29, 1.82) is 0 Å². The van der Waals surface area contributed by atoms with Crippen LogP contribution in [-0.4, -0.2) is 33.7 Å². The van der Waals surface area contributed by atoms with Gasteiger partial charge in [0.25, 0.3) is 10.0 Å². The van der Waals surface area contributed by atoms with Crippen molar-refractivity contribution in [1.82, 2.24) is 0 Å². The summed E-state index contributed by atoms with van der Waals surface area (Å²) < 4.78 is 45.0. The Morgan fingerprint density at radius 3 is 2.43 bits per heavy atom. The van der Waals surface area contributed by atoms with Gasteiger partial charge in [-0.25, -0.2) is 17.6 Å². The molecule has 0 radical (unpaired) electrons. The van der Waals surface area contributed by atoms with Gasteiger partial charge in [0.1, 0.15) is 16.5 Å².